The van der Waals surface area contributed by atoms with Gasteiger partial charge < -0.3 is 15.3 Å². The van der Waals surface area contributed by atoms with Crippen LogP contribution in [0.3, 0.4) is 0 Å². The molecule has 0 atom stereocenters. The zero-order chi connectivity index (χ0) is 15.0. The number of aliphatic hydroxyl groups excluding tert-OH is 1. The van der Waals surface area contributed by atoms with Gasteiger partial charge in [0.1, 0.15) is 5.82 Å². The van der Waals surface area contributed by atoms with Crippen molar-refractivity contribution in [2.45, 2.75) is 19.9 Å². The molecule has 2 amide bonds. The molecule has 0 saturated carbocycles. The Bertz CT molecular complexity index is 520. The summed E-state index contributed by atoms with van der Waals surface area (Å²) in [5, 5.41) is 11.3. The molecule has 0 aliphatic heterocycles. The smallest absolute Gasteiger partial charge is 0.317 e. The van der Waals surface area contributed by atoms with Gasteiger partial charge in [0.2, 0.25) is 0 Å². The number of benzene rings is 1. The summed E-state index contributed by atoms with van der Waals surface area (Å²) in [7, 11) is 1.67. The van der Waals surface area contributed by atoms with Gasteiger partial charge in [0.05, 0.1) is 6.61 Å². The highest BCUT2D eigenvalue weighted by molar-refractivity contribution is 5.73. The zero-order valence-electron chi connectivity index (χ0n) is 11.7. The number of carbonyl (C=O) groups is 1. The summed E-state index contributed by atoms with van der Waals surface area (Å²) in [4.78, 5) is 13.1. The molecule has 1 aromatic carbocycles. The fourth-order valence-electron chi connectivity index (χ4n) is 1.46. The minimum Gasteiger partial charge on any atom is -0.395 e. The van der Waals surface area contributed by atoms with E-state index in [2.05, 4.69) is 17.2 Å². The van der Waals surface area contributed by atoms with E-state index in [0.717, 1.165) is 0 Å². The van der Waals surface area contributed by atoms with Crippen molar-refractivity contribution in [1.29, 1.82) is 0 Å². The summed E-state index contributed by atoms with van der Waals surface area (Å²) in [6.07, 6.45) is 0.380. The number of hydrogen-bond acceptors (Lipinski definition) is 2. The van der Waals surface area contributed by atoms with Crippen LogP contribution < -0.4 is 5.32 Å². The Hall–Kier alpha value is -2.06. The van der Waals surface area contributed by atoms with E-state index in [-0.39, 0.29) is 25.0 Å². The molecule has 0 fully saturated rings. The first kappa shape index (κ1) is 16.0. The lowest BCUT2D eigenvalue weighted by Crippen LogP contribution is -2.36. The summed E-state index contributed by atoms with van der Waals surface area (Å²) in [5.41, 5.74) is 1.05. The van der Waals surface area contributed by atoms with Crippen LogP contribution in [0.1, 0.15) is 24.5 Å². The average Bonchev–Trinajstić information content (AvgIpc) is 2.46. The van der Waals surface area contributed by atoms with Crippen LogP contribution in [0.4, 0.5) is 9.18 Å². The summed E-state index contributed by atoms with van der Waals surface area (Å²) in [5.74, 6) is 5.23. The maximum absolute atomic E-state index is 13.6. The van der Waals surface area contributed by atoms with E-state index in [4.69, 9.17) is 5.11 Å². The molecular formula is C15H19FN2O2. The van der Waals surface area contributed by atoms with Crippen LogP contribution in [-0.2, 0) is 6.54 Å². The fraction of sp³-hybridized carbons (Fsp3) is 0.400. The van der Waals surface area contributed by atoms with Crippen LogP contribution in [0.2, 0.25) is 0 Å². The zero-order valence-corrected chi connectivity index (χ0v) is 11.7. The molecule has 5 heteroatoms. The van der Waals surface area contributed by atoms with Gasteiger partial charge in [-0.3, -0.25) is 0 Å². The lowest BCUT2D eigenvalue weighted by molar-refractivity contribution is 0.210. The van der Waals surface area contributed by atoms with Crippen LogP contribution in [0.5, 0.6) is 0 Å². The number of rotatable bonds is 4. The Morgan fingerprint density at radius 2 is 2.25 bits per heavy atom. The standard InChI is InChI=1S/C15H19FN2O2/c1-3-18(2)15(20)17-11-13-10-12(6-4-5-9-19)7-8-14(13)16/h7-8,10,19H,3,5,9,11H2,1-2H3,(H,17,20). The van der Waals surface area contributed by atoms with Crippen LogP contribution >= 0.6 is 0 Å². The van der Waals surface area contributed by atoms with Crippen molar-refractivity contribution in [3.8, 4) is 11.8 Å². The molecule has 1 aromatic rings. The van der Waals surface area contributed by atoms with Crippen molar-refractivity contribution in [2.75, 3.05) is 20.2 Å². The molecular weight excluding hydrogens is 259 g/mol. The van der Waals surface area contributed by atoms with Crippen LogP contribution in [0.15, 0.2) is 18.2 Å². The molecule has 20 heavy (non-hydrogen) atoms. The van der Waals surface area contributed by atoms with Crippen molar-refractivity contribution < 1.29 is 14.3 Å². The largest absolute Gasteiger partial charge is 0.395 e. The summed E-state index contributed by atoms with van der Waals surface area (Å²) in [6, 6.07) is 4.26. The second kappa shape index (κ2) is 8.18. The van der Waals surface area contributed by atoms with Crippen molar-refractivity contribution in [1.82, 2.24) is 10.2 Å². The van der Waals surface area contributed by atoms with Crippen LogP contribution in [0, 0.1) is 17.7 Å². The topological polar surface area (TPSA) is 52.6 Å². The van der Waals surface area contributed by atoms with Crippen LogP contribution in [-0.4, -0.2) is 36.2 Å². The molecule has 4 nitrogen and oxygen atoms in total. The second-order valence-electron chi connectivity index (χ2n) is 4.25. The molecule has 0 aliphatic rings. The predicted octanol–water partition coefficient (Wildman–Crippen LogP) is 1.72. The second-order valence-corrected chi connectivity index (χ2v) is 4.25. The van der Waals surface area contributed by atoms with Gasteiger partial charge in [-0.1, -0.05) is 11.8 Å². The Morgan fingerprint density at radius 1 is 1.50 bits per heavy atom. The molecule has 0 bridgehead atoms. The van der Waals surface area contributed by atoms with E-state index in [9.17, 15) is 9.18 Å². The Balaban J connectivity index is 2.72. The van der Waals surface area contributed by atoms with Gasteiger partial charge in [0.15, 0.2) is 0 Å². The molecule has 0 saturated heterocycles. The van der Waals surface area contributed by atoms with E-state index >= 15 is 0 Å². The number of aliphatic hydroxyl groups is 1. The van der Waals surface area contributed by atoms with Gasteiger partial charge in [0, 0.05) is 37.7 Å². The number of amides is 2. The van der Waals surface area contributed by atoms with Gasteiger partial charge in [-0.15, -0.1) is 0 Å². The molecule has 0 aromatic heterocycles. The molecule has 1 rings (SSSR count). The highest BCUT2D eigenvalue weighted by Gasteiger charge is 2.08. The molecule has 0 aliphatic carbocycles. The highest BCUT2D eigenvalue weighted by atomic mass is 19.1. The SMILES string of the molecule is CCN(C)C(=O)NCc1cc(C#CCCO)ccc1F. The summed E-state index contributed by atoms with van der Waals surface area (Å²) in [6.45, 7) is 2.56. The minimum absolute atomic E-state index is 0.000458. The maximum atomic E-state index is 13.6. The van der Waals surface area contributed by atoms with Crippen LogP contribution in [0.25, 0.3) is 0 Å². The number of carbonyl (C=O) groups excluding carboxylic acids is 1. The Kier molecular flexibility index (Phi) is 6.54. The molecule has 0 heterocycles. The van der Waals surface area contributed by atoms with Crippen molar-refractivity contribution >= 4 is 6.03 Å². The Labute approximate surface area is 118 Å². The molecule has 0 radical (unpaired) electrons. The van der Waals surface area contributed by atoms with E-state index in [0.29, 0.717) is 24.1 Å². The fourth-order valence-corrected chi connectivity index (χ4v) is 1.46. The molecule has 0 spiro atoms. The van der Waals surface area contributed by atoms with E-state index in [1.165, 1.54) is 11.0 Å². The first-order chi connectivity index (χ1) is 9.58. The molecule has 2 N–H and O–H groups in total. The summed E-state index contributed by atoms with van der Waals surface area (Å²) < 4.78 is 13.6. The first-order valence-electron chi connectivity index (χ1n) is 6.45. The lowest BCUT2D eigenvalue weighted by atomic mass is 10.1. The van der Waals surface area contributed by atoms with E-state index < -0.39 is 0 Å². The first-order valence-corrected chi connectivity index (χ1v) is 6.45. The number of nitrogens with one attached hydrogen (secondary N) is 1. The quantitative estimate of drug-likeness (QED) is 0.824. The maximum Gasteiger partial charge on any atom is 0.317 e. The minimum atomic E-state index is -0.378. The summed E-state index contributed by atoms with van der Waals surface area (Å²) >= 11 is 0. The van der Waals surface area contributed by atoms with Gasteiger partial charge in [-0.05, 0) is 25.1 Å². The third-order valence-corrected chi connectivity index (χ3v) is 2.77. The lowest BCUT2D eigenvalue weighted by Gasteiger charge is -2.15. The number of halogens is 1. The van der Waals surface area contributed by atoms with Gasteiger partial charge in [-0.25, -0.2) is 9.18 Å². The number of hydrogen-bond donors (Lipinski definition) is 2. The van der Waals surface area contributed by atoms with Crippen molar-refractivity contribution in [2.24, 2.45) is 0 Å². The van der Waals surface area contributed by atoms with Crippen molar-refractivity contribution in [3.05, 3.63) is 35.1 Å². The normalized spacial score (nSPS) is 9.60. The van der Waals surface area contributed by atoms with Gasteiger partial charge in [-0.2, -0.15) is 0 Å². The number of urea groups is 1. The van der Waals surface area contributed by atoms with E-state index in [1.807, 2.05) is 6.92 Å². The van der Waals surface area contributed by atoms with Crippen molar-refractivity contribution in [3.63, 3.8) is 0 Å². The average molecular weight is 278 g/mol. The highest BCUT2D eigenvalue weighted by Crippen LogP contribution is 2.10. The molecule has 108 valence electrons. The van der Waals surface area contributed by atoms with Gasteiger partial charge >= 0.3 is 6.03 Å². The predicted molar refractivity (Wildman–Crippen MR) is 75.5 cm³/mol. The Morgan fingerprint density at radius 3 is 2.90 bits per heavy atom. The monoisotopic (exact) mass is 278 g/mol. The number of nitrogens with zero attached hydrogens (tertiary/aromatic N) is 1. The third kappa shape index (κ3) is 4.90. The van der Waals surface area contributed by atoms with E-state index in [1.54, 1.807) is 19.2 Å². The molecule has 0 unspecified atom stereocenters. The third-order valence-electron chi connectivity index (χ3n) is 2.77. The van der Waals surface area contributed by atoms with Gasteiger partial charge in [0.25, 0.3) is 0 Å².